The molecule has 3 heteroatoms. The summed E-state index contributed by atoms with van der Waals surface area (Å²) in [6, 6.07) is 7.26. The van der Waals surface area contributed by atoms with Crippen LogP contribution in [0.4, 0.5) is 0 Å². The Balaban J connectivity index is 2.05. The van der Waals surface area contributed by atoms with Crippen molar-refractivity contribution in [3.8, 4) is 0 Å². The number of rotatable bonds is 3. The number of thioether (sulfide) groups is 1. The second kappa shape index (κ2) is 5.89. The first-order valence-electron chi connectivity index (χ1n) is 6.19. The van der Waals surface area contributed by atoms with E-state index in [0.29, 0.717) is 11.3 Å². The molecule has 0 aliphatic carbocycles. The van der Waals surface area contributed by atoms with Gasteiger partial charge in [-0.1, -0.05) is 6.07 Å². The molecule has 1 aromatic rings. The van der Waals surface area contributed by atoms with Crippen molar-refractivity contribution >= 4 is 11.8 Å². The maximum absolute atomic E-state index is 5.58. The predicted molar refractivity (Wildman–Crippen MR) is 73.8 cm³/mol. The van der Waals surface area contributed by atoms with E-state index in [1.165, 1.54) is 16.0 Å². The summed E-state index contributed by atoms with van der Waals surface area (Å²) in [4.78, 5) is 1.35. The summed E-state index contributed by atoms with van der Waals surface area (Å²) in [7, 11) is 2.05. The molecule has 1 aliphatic heterocycles. The summed E-state index contributed by atoms with van der Waals surface area (Å²) in [5.41, 5.74) is 2.73. The Kier molecular flexibility index (Phi) is 4.48. The molecule has 1 N–H and O–H groups in total. The molecule has 94 valence electrons. The third-order valence-corrected chi connectivity index (χ3v) is 4.73. The molecular formula is C14H21NOS. The third-order valence-electron chi connectivity index (χ3n) is 3.44. The van der Waals surface area contributed by atoms with Gasteiger partial charge < -0.3 is 10.1 Å². The molecule has 1 aromatic carbocycles. The minimum absolute atomic E-state index is 0.524. The zero-order valence-electron chi connectivity index (χ0n) is 10.8. The fourth-order valence-corrected chi connectivity index (χ4v) is 3.46. The Bertz CT molecular complexity index is 380. The number of hydrogen-bond donors (Lipinski definition) is 1. The van der Waals surface area contributed by atoms with Crippen LogP contribution in [-0.2, 0) is 4.74 Å². The Hall–Kier alpha value is -0.510. The average Bonchev–Trinajstić information content (AvgIpc) is 2.34. The number of benzene rings is 1. The molecular weight excluding hydrogens is 230 g/mol. The summed E-state index contributed by atoms with van der Waals surface area (Å²) >= 11 is 1.93. The van der Waals surface area contributed by atoms with Crippen LogP contribution in [-0.4, -0.2) is 31.6 Å². The van der Waals surface area contributed by atoms with Crippen LogP contribution in [0.3, 0.4) is 0 Å². The van der Waals surface area contributed by atoms with E-state index in [-0.39, 0.29) is 0 Å². The van der Waals surface area contributed by atoms with Crippen LogP contribution in [0.5, 0.6) is 0 Å². The Morgan fingerprint density at radius 2 is 2.12 bits per heavy atom. The molecule has 2 atom stereocenters. The smallest absolute Gasteiger partial charge is 0.0603 e. The van der Waals surface area contributed by atoms with Crippen molar-refractivity contribution in [2.75, 3.05) is 20.3 Å². The Labute approximate surface area is 108 Å². The maximum Gasteiger partial charge on any atom is 0.0603 e. The minimum atomic E-state index is 0.524. The average molecular weight is 251 g/mol. The topological polar surface area (TPSA) is 21.3 Å². The lowest BCUT2D eigenvalue weighted by Crippen LogP contribution is -2.43. The summed E-state index contributed by atoms with van der Waals surface area (Å²) in [5, 5.41) is 3.92. The van der Waals surface area contributed by atoms with Crippen molar-refractivity contribution in [3.63, 3.8) is 0 Å². The van der Waals surface area contributed by atoms with Gasteiger partial charge in [-0.15, -0.1) is 11.8 Å². The Morgan fingerprint density at radius 1 is 1.29 bits per heavy atom. The fourth-order valence-electron chi connectivity index (χ4n) is 2.12. The van der Waals surface area contributed by atoms with Gasteiger partial charge in [-0.05, 0) is 50.6 Å². The summed E-state index contributed by atoms with van der Waals surface area (Å²) in [5.74, 6) is 0. The molecule has 2 nitrogen and oxygen atoms in total. The molecule has 0 radical (unpaired) electrons. The summed E-state index contributed by atoms with van der Waals surface area (Å²) in [6.07, 6.45) is 1.11. The highest BCUT2D eigenvalue weighted by Gasteiger charge is 2.25. The molecule has 1 fully saturated rings. The van der Waals surface area contributed by atoms with Crippen LogP contribution in [0.15, 0.2) is 23.1 Å². The van der Waals surface area contributed by atoms with Gasteiger partial charge in [0.05, 0.1) is 6.61 Å². The molecule has 0 spiro atoms. The molecule has 0 aromatic heterocycles. The molecule has 2 unspecified atom stereocenters. The minimum Gasteiger partial charge on any atom is -0.380 e. The standard InChI is InChI=1S/C14H21NOS/c1-10-4-5-12(8-11(10)2)17-14-9-16-7-6-13(14)15-3/h4-5,8,13-15H,6-7,9H2,1-3H3. The zero-order chi connectivity index (χ0) is 12.3. The van der Waals surface area contributed by atoms with Crippen molar-refractivity contribution in [2.45, 2.75) is 36.5 Å². The zero-order valence-corrected chi connectivity index (χ0v) is 11.6. The molecule has 1 heterocycles. The molecule has 1 aliphatic rings. The third kappa shape index (κ3) is 3.24. The normalized spacial score (nSPS) is 24.9. The van der Waals surface area contributed by atoms with E-state index < -0.39 is 0 Å². The van der Waals surface area contributed by atoms with Crippen LogP contribution in [0.25, 0.3) is 0 Å². The van der Waals surface area contributed by atoms with Crippen LogP contribution < -0.4 is 5.32 Å². The van der Waals surface area contributed by atoms with E-state index in [9.17, 15) is 0 Å². The quantitative estimate of drug-likeness (QED) is 0.892. The van der Waals surface area contributed by atoms with Gasteiger partial charge >= 0.3 is 0 Å². The highest BCUT2D eigenvalue weighted by molar-refractivity contribution is 8.00. The maximum atomic E-state index is 5.58. The van der Waals surface area contributed by atoms with E-state index in [4.69, 9.17) is 4.74 Å². The second-order valence-corrected chi connectivity index (χ2v) is 5.97. The molecule has 0 amide bonds. The lowest BCUT2D eigenvalue weighted by molar-refractivity contribution is 0.0851. The first kappa shape index (κ1) is 12.9. The summed E-state index contributed by atoms with van der Waals surface area (Å²) in [6.45, 7) is 6.06. The SMILES string of the molecule is CNC1CCOCC1Sc1ccc(C)c(C)c1. The van der Waals surface area contributed by atoms with Crippen LogP contribution in [0.1, 0.15) is 17.5 Å². The van der Waals surface area contributed by atoms with Gasteiger partial charge in [0.15, 0.2) is 0 Å². The van der Waals surface area contributed by atoms with E-state index in [1.54, 1.807) is 0 Å². The molecule has 0 saturated carbocycles. The molecule has 1 saturated heterocycles. The predicted octanol–water partition coefficient (Wildman–Crippen LogP) is 2.77. The number of hydrogen-bond acceptors (Lipinski definition) is 3. The van der Waals surface area contributed by atoms with Gasteiger partial charge in [-0.25, -0.2) is 0 Å². The van der Waals surface area contributed by atoms with Crippen molar-refractivity contribution in [2.24, 2.45) is 0 Å². The number of nitrogens with one attached hydrogen (secondary N) is 1. The fraction of sp³-hybridized carbons (Fsp3) is 0.571. The van der Waals surface area contributed by atoms with E-state index in [2.05, 4.69) is 37.4 Å². The first-order chi connectivity index (χ1) is 8.20. The van der Waals surface area contributed by atoms with Crippen molar-refractivity contribution in [1.82, 2.24) is 5.32 Å². The van der Waals surface area contributed by atoms with Crippen LogP contribution >= 0.6 is 11.8 Å². The number of ether oxygens (including phenoxy) is 1. The molecule has 0 bridgehead atoms. The van der Waals surface area contributed by atoms with Gasteiger partial charge in [0.2, 0.25) is 0 Å². The van der Waals surface area contributed by atoms with Gasteiger partial charge in [-0.3, -0.25) is 0 Å². The van der Waals surface area contributed by atoms with E-state index in [0.717, 1.165) is 19.6 Å². The van der Waals surface area contributed by atoms with Gasteiger partial charge in [0.1, 0.15) is 0 Å². The summed E-state index contributed by atoms with van der Waals surface area (Å²) < 4.78 is 5.58. The van der Waals surface area contributed by atoms with E-state index >= 15 is 0 Å². The highest BCUT2D eigenvalue weighted by atomic mass is 32.2. The second-order valence-electron chi connectivity index (χ2n) is 4.66. The Morgan fingerprint density at radius 3 is 2.82 bits per heavy atom. The van der Waals surface area contributed by atoms with Crippen LogP contribution in [0, 0.1) is 13.8 Å². The number of aryl methyl sites for hydroxylation is 2. The monoisotopic (exact) mass is 251 g/mol. The van der Waals surface area contributed by atoms with Gasteiger partial charge in [0.25, 0.3) is 0 Å². The van der Waals surface area contributed by atoms with Crippen molar-refractivity contribution in [3.05, 3.63) is 29.3 Å². The first-order valence-corrected chi connectivity index (χ1v) is 7.07. The van der Waals surface area contributed by atoms with Crippen molar-refractivity contribution < 1.29 is 4.74 Å². The van der Waals surface area contributed by atoms with Crippen LogP contribution in [0.2, 0.25) is 0 Å². The highest BCUT2D eigenvalue weighted by Crippen LogP contribution is 2.30. The lowest BCUT2D eigenvalue weighted by atomic mass is 10.1. The molecule has 2 rings (SSSR count). The van der Waals surface area contributed by atoms with Gasteiger partial charge in [-0.2, -0.15) is 0 Å². The largest absolute Gasteiger partial charge is 0.380 e. The van der Waals surface area contributed by atoms with Crippen molar-refractivity contribution in [1.29, 1.82) is 0 Å². The molecule has 17 heavy (non-hydrogen) atoms. The van der Waals surface area contributed by atoms with Gasteiger partial charge in [0, 0.05) is 22.8 Å². The van der Waals surface area contributed by atoms with E-state index in [1.807, 2.05) is 18.8 Å². The lowest BCUT2D eigenvalue weighted by Gasteiger charge is -2.30.